The Kier molecular flexibility index (Phi) is 30.7. The molecule has 3 nitrogen and oxygen atoms in total. The molecule has 0 aromatic heterocycles. The van der Waals surface area contributed by atoms with E-state index in [4.69, 9.17) is 13.6 Å². The van der Waals surface area contributed by atoms with E-state index in [0.29, 0.717) is 0 Å². The van der Waals surface area contributed by atoms with Gasteiger partial charge in [-0.15, -0.1) is 0 Å². The van der Waals surface area contributed by atoms with Crippen molar-refractivity contribution in [2.24, 2.45) is 0 Å². The van der Waals surface area contributed by atoms with Gasteiger partial charge in [-0.1, -0.05) is 293 Å². The Bertz CT molecular complexity index is 1580. The van der Waals surface area contributed by atoms with E-state index in [-0.39, 0.29) is 16.2 Å². The highest BCUT2D eigenvalue weighted by Gasteiger charge is 2.31. The molecule has 3 aromatic carbocycles. The van der Waals surface area contributed by atoms with Crippen LogP contribution in [0.2, 0.25) is 0 Å². The van der Waals surface area contributed by atoms with Crippen molar-refractivity contribution in [1.82, 2.24) is 0 Å². The summed E-state index contributed by atoms with van der Waals surface area (Å²) in [7, 11) is -1.88. The van der Waals surface area contributed by atoms with Gasteiger partial charge in [0, 0.05) is 16.7 Å². The lowest BCUT2D eigenvalue weighted by molar-refractivity contribution is 0.372. The highest BCUT2D eigenvalue weighted by atomic mass is 31.2. The predicted octanol–water partition coefficient (Wildman–Crippen LogP) is 22.7. The van der Waals surface area contributed by atoms with Crippen LogP contribution in [0, 0.1) is 0 Å². The number of hydrogen-bond donors (Lipinski definition) is 0. The highest BCUT2D eigenvalue weighted by molar-refractivity contribution is 7.43. The third-order valence-electron chi connectivity index (χ3n) is 14.5. The topological polar surface area (TPSA) is 27.7 Å². The second-order valence-corrected chi connectivity index (χ2v) is 25.5. The van der Waals surface area contributed by atoms with E-state index in [1.165, 1.54) is 226 Å². The molecule has 0 fully saturated rings. The second-order valence-electron chi connectivity index (χ2n) is 24.5. The SMILES string of the molecule is CCCCCCCCCCCCc1ccc(OP(Oc2ccc(CCCCCCCCCCCC)cc2C(C)(C)C)Oc2ccc(CCCCCCCCCCCC)cc2C(C)(C)C)c(C(C)(C)C)c1. The standard InChI is InChI=1S/C66H111O3P/c1-13-16-19-22-25-28-31-34-37-40-43-55-46-49-61(58(52-55)64(4,5)6)67-70(68-62-50-47-56(53-59(62)65(7,8)9)44-41-38-35-32-29-26-23-20-17-14-2)69-63-51-48-57(54-60(63)66(10,11)12)45-42-39-36-33-30-27-24-21-18-15-3/h46-54H,13-45H2,1-12H3. The van der Waals surface area contributed by atoms with Gasteiger partial charge in [0.15, 0.2) is 0 Å². The Balaban J connectivity index is 1.84. The number of rotatable bonds is 39. The van der Waals surface area contributed by atoms with Crippen LogP contribution in [0.25, 0.3) is 0 Å². The highest BCUT2D eigenvalue weighted by Crippen LogP contribution is 2.49. The van der Waals surface area contributed by atoms with Crippen LogP contribution in [-0.2, 0) is 35.5 Å². The molecule has 0 bridgehead atoms. The zero-order chi connectivity index (χ0) is 51.1. The zero-order valence-electron chi connectivity index (χ0n) is 48.2. The first-order valence-corrected chi connectivity index (χ1v) is 30.9. The summed E-state index contributed by atoms with van der Waals surface area (Å²) in [6.07, 6.45) is 43.9. The van der Waals surface area contributed by atoms with E-state index < -0.39 is 8.60 Å². The summed E-state index contributed by atoms with van der Waals surface area (Å²) >= 11 is 0. The van der Waals surface area contributed by atoms with Gasteiger partial charge in [0.1, 0.15) is 17.2 Å². The first kappa shape index (κ1) is 61.8. The molecule has 0 N–H and O–H groups in total. The van der Waals surface area contributed by atoms with Crippen LogP contribution in [0.3, 0.4) is 0 Å². The van der Waals surface area contributed by atoms with Gasteiger partial charge in [0.05, 0.1) is 0 Å². The molecule has 0 radical (unpaired) electrons. The first-order valence-electron chi connectivity index (χ1n) is 29.8. The Labute approximate surface area is 436 Å². The molecule has 0 aliphatic carbocycles. The average Bonchev–Trinajstić information content (AvgIpc) is 3.31. The summed E-state index contributed by atoms with van der Waals surface area (Å²) in [5.41, 5.74) is 7.45. The second kappa shape index (κ2) is 34.8. The maximum absolute atomic E-state index is 7.13. The van der Waals surface area contributed by atoms with Gasteiger partial charge in [-0.05, 0) is 89.7 Å². The number of unbranched alkanes of at least 4 members (excludes halogenated alkanes) is 27. The molecule has 70 heavy (non-hydrogen) atoms. The third kappa shape index (κ3) is 25.9. The van der Waals surface area contributed by atoms with Crippen molar-refractivity contribution in [3.8, 4) is 17.2 Å². The molecule has 3 rings (SSSR count). The van der Waals surface area contributed by atoms with Crippen LogP contribution in [0.1, 0.15) is 309 Å². The minimum atomic E-state index is -1.88. The van der Waals surface area contributed by atoms with Crippen molar-refractivity contribution in [1.29, 1.82) is 0 Å². The minimum absolute atomic E-state index is 0.121. The van der Waals surface area contributed by atoms with Gasteiger partial charge in [-0.2, -0.15) is 0 Å². The molecule has 0 saturated heterocycles. The molecule has 3 aromatic rings. The number of benzene rings is 3. The summed E-state index contributed by atoms with van der Waals surface area (Å²) in [6, 6.07) is 20.7. The van der Waals surface area contributed by atoms with Gasteiger partial charge in [0.2, 0.25) is 0 Å². The lowest BCUT2D eigenvalue weighted by atomic mass is 9.85. The Morgan fingerprint density at radius 2 is 0.486 bits per heavy atom. The van der Waals surface area contributed by atoms with E-state index >= 15 is 0 Å². The molecule has 0 spiro atoms. The molecule has 0 heterocycles. The quantitative estimate of drug-likeness (QED) is 0.0421. The summed E-state index contributed by atoms with van der Waals surface area (Å²) in [4.78, 5) is 0. The van der Waals surface area contributed by atoms with Crippen LogP contribution in [-0.4, -0.2) is 0 Å². The number of aryl methyl sites for hydroxylation is 3. The molecule has 0 unspecified atom stereocenters. The molecular formula is C66H111O3P. The van der Waals surface area contributed by atoms with E-state index in [1.54, 1.807) is 0 Å². The largest absolute Gasteiger partial charge is 0.530 e. The fourth-order valence-electron chi connectivity index (χ4n) is 9.94. The smallest absolute Gasteiger partial charge is 0.408 e. The van der Waals surface area contributed by atoms with Crippen molar-refractivity contribution >= 4 is 8.60 Å². The van der Waals surface area contributed by atoms with Gasteiger partial charge in [-0.25, -0.2) is 0 Å². The van der Waals surface area contributed by atoms with E-state index in [0.717, 1.165) is 36.5 Å². The van der Waals surface area contributed by atoms with Crippen LogP contribution < -0.4 is 13.6 Å². The van der Waals surface area contributed by atoms with E-state index in [2.05, 4.69) is 138 Å². The van der Waals surface area contributed by atoms with Crippen LogP contribution in [0.15, 0.2) is 54.6 Å². The van der Waals surface area contributed by atoms with E-state index in [1.807, 2.05) is 0 Å². The van der Waals surface area contributed by atoms with Crippen LogP contribution >= 0.6 is 8.60 Å². The molecule has 0 aliphatic rings. The van der Waals surface area contributed by atoms with Crippen LogP contribution in [0.4, 0.5) is 0 Å². The molecule has 4 heteroatoms. The molecular weight excluding hydrogens is 872 g/mol. The van der Waals surface area contributed by atoms with Crippen molar-refractivity contribution in [2.45, 2.75) is 311 Å². The molecule has 0 amide bonds. The van der Waals surface area contributed by atoms with Crippen molar-refractivity contribution in [2.75, 3.05) is 0 Å². The normalized spacial score (nSPS) is 12.3. The monoisotopic (exact) mass is 983 g/mol. The molecule has 398 valence electrons. The lowest BCUT2D eigenvalue weighted by Gasteiger charge is -2.29. The van der Waals surface area contributed by atoms with Gasteiger partial charge < -0.3 is 13.6 Å². The van der Waals surface area contributed by atoms with Gasteiger partial charge in [0.25, 0.3) is 0 Å². The summed E-state index contributed by atoms with van der Waals surface area (Å²) < 4.78 is 21.4. The maximum atomic E-state index is 7.13. The first-order chi connectivity index (χ1) is 33.6. The minimum Gasteiger partial charge on any atom is -0.408 e. The van der Waals surface area contributed by atoms with Crippen LogP contribution in [0.5, 0.6) is 17.2 Å². The Morgan fingerprint density at radius 1 is 0.286 bits per heavy atom. The van der Waals surface area contributed by atoms with Crippen molar-refractivity contribution in [3.05, 3.63) is 88.0 Å². The summed E-state index contributed by atoms with van der Waals surface area (Å²) in [5.74, 6) is 2.57. The lowest BCUT2D eigenvalue weighted by Crippen LogP contribution is -2.17. The zero-order valence-corrected chi connectivity index (χ0v) is 49.1. The summed E-state index contributed by atoms with van der Waals surface area (Å²) in [6.45, 7) is 27.6. The third-order valence-corrected chi connectivity index (χ3v) is 15.6. The van der Waals surface area contributed by atoms with Crippen molar-refractivity contribution < 1.29 is 13.6 Å². The Hall–Kier alpha value is -2.51. The van der Waals surface area contributed by atoms with Crippen molar-refractivity contribution in [3.63, 3.8) is 0 Å². The van der Waals surface area contributed by atoms with E-state index in [9.17, 15) is 0 Å². The Morgan fingerprint density at radius 3 is 0.686 bits per heavy atom. The molecule has 0 saturated carbocycles. The maximum Gasteiger partial charge on any atom is 0.530 e. The fourth-order valence-corrected chi connectivity index (χ4v) is 11.0. The number of hydrogen-bond acceptors (Lipinski definition) is 3. The van der Waals surface area contributed by atoms with Gasteiger partial charge in [-0.3, -0.25) is 0 Å². The fraction of sp³-hybridized carbons (Fsp3) is 0.727. The average molecular weight is 984 g/mol. The van der Waals surface area contributed by atoms with Gasteiger partial charge >= 0.3 is 8.60 Å². The molecule has 0 atom stereocenters. The molecule has 0 aliphatic heterocycles. The predicted molar refractivity (Wildman–Crippen MR) is 311 cm³/mol. The summed E-state index contributed by atoms with van der Waals surface area (Å²) in [5, 5.41) is 0.